The second-order valence-electron chi connectivity index (χ2n) is 29.8. The number of carbonyl (C=O) groups excluding carboxylic acids is 14. The number of phenols is 1. The number of phenolic OH excluding ortho intramolecular Hbond substituents is 1. The number of urea groups is 1. The van der Waals surface area contributed by atoms with Crippen LogP contribution in [0.3, 0.4) is 0 Å². The molecule has 0 spiro atoms. The Kier molecular flexibility index (Phi) is 34.8. The summed E-state index contributed by atoms with van der Waals surface area (Å²) in [4.78, 5) is 223. The van der Waals surface area contributed by atoms with Crippen LogP contribution in [0.15, 0.2) is 67.4 Å². The molecule has 0 saturated carbocycles. The van der Waals surface area contributed by atoms with E-state index >= 15 is 0 Å². The van der Waals surface area contributed by atoms with Crippen molar-refractivity contribution in [3.05, 3.63) is 84.2 Å². The fraction of sp³-hybridized carbons (Fsp3) is 0.558. The van der Waals surface area contributed by atoms with Gasteiger partial charge in [0.2, 0.25) is 70.9 Å². The number of nitrogens with one attached hydrogen (secondary N) is 15. The van der Waals surface area contributed by atoms with Gasteiger partial charge >= 0.3 is 18.0 Å². The van der Waals surface area contributed by atoms with Crippen LogP contribution in [0.4, 0.5) is 4.79 Å². The predicted molar refractivity (Wildman–Crippen MR) is 413 cm³/mol. The zero-order chi connectivity index (χ0) is 82.3. The Bertz CT molecular complexity index is 4120. The Morgan fingerprint density at radius 2 is 1.11 bits per heavy atom. The molecule has 2 saturated heterocycles. The van der Waals surface area contributed by atoms with Crippen molar-refractivity contribution in [1.82, 2.24) is 88.6 Å². The number of primary amides is 1. The molecule has 7 rings (SSSR count). The van der Waals surface area contributed by atoms with Gasteiger partial charge in [0.05, 0.1) is 45.3 Å². The number of hydrogen-bond acceptors (Lipinski definition) is 18. The summed E-state index contributed by atoms with van der Waals surface area (Å²) in [6, 6.07) is -1.15. The van der Waals surface area contributed by atoms with Crippen molar-refractivity contribution >= 4 is 111 Å². The lowest BCUT2D eigenvalue weighted by atomic mass is 10.0. The number of imidazole rings is 1. The van der Waals surface area contributed by atoms with Crippen LogP contribution in [0, 0.1) is 17.8 Å². The number of aromatic hydroxyl groups is 1. The molecule has 3 aromatic heterocycles. The smallest absolute Gasteiger partial charge is 0.329 e. The van der Waals surface area contributed by atoms with Crippen molar-refractivity contribution in [2.24, 2.45) is 23.5 Å². The molecule has 2 aromatic carbocycles. The van der Waals surface area contributed by atoms with Gasteiger partial charge in [-0.05, 0) is 91.7 Å². The lowest BCUT2D eigenvalue weighted by Crippen LogP contribution is -2.59. The minimum atomic E-state index is -1.88. The number of nitrogens with zero attached hydrogens (tertiary/aromatic N) is 2. The van der Waals surface area contributed by atoms with Crippen molar-refractivity contribution in [1.29, 1.82) is 0 Å². The highest BCUT2D eigenvalue weighted by atomic mass is 16.5. The summed E-state index contributed by atoms with van der Waals surface area (Å²) in [7, 11) is 0. The molecule has 0 radical (unpaired) electrons. The van der Waals surface area contributed by atoms with E-state index in [2.05, 4.69) is 97.6 Å². The number of fused-ring (bicyclic) bond motifs is 3. The average Bonchev–Trinajstić information content (AvgIpc) is 1.69. The molecule has 113 heavy (non-hydrogen) atoms. The number of amides is 14. The number of aliphatic carboxylic acids is 1. The summed E-state index contributed by atoms with van der Waals surface area (Å²) in [5.41, 5.74) is 7.86. The van der Waals surface area contributed by atoms with E-state index in [0.717, 1.165) is 44.9 Å². The van der Waals surface area contributed by atoms with Crippen molar-refractivity contribution in [3.63, 3.8) is 0 Å². The zero-order valence-corrected chi connectivity index (χ0v) is 64.9. The molecule has 2 aliphatic rings. The maximum Gasteiger partial charge on any atom is 0.329 e. The first-order valence-electron chi connectivity index (χ1n) is 38.7. The Morgan fingerprint density at radius 1 is 0.558 bits per heavy atom. The van der Waals surface area contributed by atoms with Gasteiger partial charge in [0.15, 0.2) is 0 Å². The molecule has 36 nitrogen and oxygen atoms in total. The third kappa shape index (κ3) is 28.9. The van der Waals surface area contributed by atoms with Gasteiger partial charge < -0.3 is 104 Å². The summed E-state index contributed by atoms with van der Waals surface area (Å²) < 4.78 is 5.87. The van der Waals surface area contributed by atoms with Crippen molar-refractivity contribution in [2.45, 2.75) is 218 Å². The highest BCUT2D eigenvalue weighted by Crippen LogP contribution is 2.26. The minimum absolute atomic E-state index is 0.0246. The van der Waals surface area contributed by atoms with E-state index in [1.807, 2.05) is 0 Å². The quantitative estimate of drug-likeness (QED) is 0.0287. The molecule has 616 valence electrons. The molecule has 5 heterocycles. The van der Waals surface area contributed by atoms with Crippen LogP contribution in [-0.4, -0.2) is 218 Å². The molecule has 36 heteroatoms. The topological polar surface area (TPSA) is 540 Å². The number of carbonyl (C=O) groups is 15. The third-order valence-corrected chi connectivity index (χ3v) is 19.6. The van der Waals surface area contributed by atoms with E-state index in [1.54, 1.807) is 64.2 Å². The number of cyclic esters (lactones) is 1. The molecule has 9 unspecified atom stereocenters. The van der Waals surface area contributed by atoms with Crippen molar-refractivity contribution < 1.29 is 86.9 Å². The highest BCUT2D eigenvalue weighted by Gasteiger charge is 2.41. The van der Waals surface area contributed by atoms with Gasteiger partial charge in [-0.1, -0.05) is 111 Å². The van der Waals surface area contributed by atoms with Crippen LogP contribution < -0.4 is 69.5 Å². The van der Waals surface area contributed by atoms with Gasteiger partial charge in [-0.2, -0.15) is 0 Å². The van der Waals surface area contributed by atoms with Crippen LogP contribution in [0.25, 0.3) is 21.8 Å². The first-order chi connectivity index (χ1) is 53.9. The molecule has 14 amide bonds. The minimum Gasteiger partial charge on any atom is -0.508 e. The summed E-state index contributed by atoms with van der Waals surface area (Å²) in [6.07, 6.45) is 11.1. The largest absolute Gasteiger partial charge is 0.508 e. The Hall–Kier alpha value is -11.6. The number of nitrogens with two attached hydrogens (primary N) is 1. The first-order valence-corrected chi connectivity index (χ1v) is 38.7. The second kappa shape index (κ2) is 44.4. The van der Waals surface area contributed by atoms with Gasteiger partial charge in [0.25, 0.3) is 0 Å². The Morgan fingerprint density at radius 3 is 1.72 bits per heavy atom. The molecular weight excluding hydrogens is 1460 g/mol. The average molecular weight is 1580 g/mol. The van der Waals surface area contributed by atoms with Gasteiger partial charge in [-0.3, -0.25) is 62.3 Å². The number of rotatable bonds is 25. The maximum atomic E-state index is 14.7. The van der Waals surface area contributed by atoms with E-state index in [1.165, 1.54) is 35.8 Å². The van der Waals surface area contributed by atoms with E-state index < -0.39 is 194 Å². The molecule has 19 N–H and O–H groups in total. The molecule has 0 bridgehead atoms. The van der Waals surface area contributed by atoms with Crippen LogP contribution >= 0.6 is 0 Å². The molecule has 2 fully saturated rings. The van der Waals surface area contributed by atoms with E-state index in [4.69, 9.17) is 10.5 Å². The monoisotopic (exact) mass is 1570 g/mol. The lowest BCUT2D eigenvalue weighted by Gasteiger charge is -2.31. The van der Waals surface area contributed by atoms with Gasteiger partial charge in [0, 0.05) is 78.4 Å². The standard InChI is InChI=1S/C77H110N18O18/c1-43(2)19-13-11-9-7-8-10-12-14-20-50-33-61(97)83-38-62(98)90-58(31-48-37-79-42-87-48)72(107)94-68(45(5)6)75(110)95-28-18-24-60(95)73(108)86-40-63(99)88-55(23-17-27-80-77(78)112)71(106)91-57(30-47-36-82-54-26-25-49(96)32-52(47)54)70(105)84-39-64(100)89-56(29-46-35-81-53-22-16-15-21-51(46)53)69(104)85-41-65(101)93-67(44(3)4)74(109)92-59(34-66(102)103)76(111)113-50/h15-16,21-22,25-26,32,35-37,42-45,50,55-60,67-68,81-82,96H,7-14,17-20,23-24,27-31,33-34,38-41H2,1-6H3,(H,79,87)(H,83,97)(H,84,105)(H,85,104)(H,86,108)(H,88,99)(H,89,100)(H,90,98)(H,91,106)(H,92,109)(H,93,101)(H,94,107)(H,102,103)(H3,78,80,112). The normalized spacial score (nSPS) is 22.2. The summed E-state index contributed by atoms with van der Waals surface area (Å²) >= 11 is 0. The van der Waals surface area contributed by atoms with Crippen LogP contribution in [-0.2, 0) is 91.1 Å². The van der Waals surface area contributed by atoms with Gasteiger partial charge in [-0.15, -0.1) is 0 Å². The third-order valence-electron chi connectivity index (χ3n) is 19.6. The number of benzene rings is 2. The Balaban J connectivity index is 1.18. The fourth-order valence-corrected chi connectivity index (χ4v) is 13.5. The number of carboxylic acid groups (broad SMARTS) is 1. The number of esters is 1. The number of aromatic amines is 3. The van der Waals surface area contributed by atoms with E-state index in [9.17, 15) is 82.1 Å². The number of ether oxygens (including phenoxy) is 1. The predicted octanol–water partition coefficient (Wildman–Crippen LogP) is 1.06. The molecule has 2 aliphatic heterocycles. The lowest BCUT2D eigenvalue weighted by molar-refractivity contribution is -0.157. The molecule has 5 aromatic rings. The van der Waals surface area contributed by atoms with Crippen molar-refractivity contribution in [3.8, 4) is 5.75 Å². The fourth-order valence-electron chi connectivity index (χ4n) is 13.5. The number of hydrogen-bond donors (Lipinski definition) is 18. The second-order valence-corrected chi connectivity index (χ2v) is 29.8. The number of H-pyrrole nitrogens is 3. The number of carboxylic acids is 1. The SMILES string of the molecule is CC(C)CCCCCCCCCCC1CC(=O)NCC(=O)NC(Cc2cnc[nH]2)C(=O)NC(C(C)C)C(=O)N2CCCC2C(=O)NCC(=O)NC(CCCNC(N)=O)C(=O)NC(Cc2c[nH]c3ccc(O)cc23)C(=O)NCC(=O)NC(Cc2c[nH]c3ccccc23)C(=O)NCC(=O)NC(C(C)C)C(=O)NC(CC(=O)O)C(=O)O1. The highest BCUT2D eigenvalue weighted by molar-refractivity contribution is 6.00. The van der Waals surface area contributed by atoms with Gasteiger partial charge in [-0.25, -0.2) is 14.6 Å². The van der Waals surface area contributed by atoms with Crippen LogP contribution in [0.1, 0.15) is 161 Å². The van der Waals surface area contributed by atoms with E-state index in [-0.39, 0.29) is 63.8 Å². The van der Waals surface area contributed by atoms with Crippen molar-refractivity contribution in [2.75, 3.05) is 39.3 Å². The number of para-hydroxylation sites is 1. The maximum absolute atomic E-state index is 14.7. The van der Waals surface area contributed by atoms with E-state index in [0.29, 0.717) is 63.8 Å². The number of aromatic nitrogens is 4. The summed E-state index contributed by atoms with van der Waals surface area (Å²) in [5.74, 6) is -14.2. The van der Waals surface area contributed by atoms with Crippen LogP contribution in [0.2, 0.25) is 0 Å². The first kappa shape index (κ1) is 88.6. The summed E-state index contributed by atoms with van der Waals surface area (Å²) in [5, 5.41) is 52.2. The Labute approximate surface area is 654 Å². The van der Waals surface area contributed by atoms with Gasteiger partial charge in [0.1, 0.15) is 60.2 Å². The van der Waals surface area contributed by atoms with Crippen LogP contribution in [0.5, 0.6) is 5.75 Å². The zero-order valence-electron chi connectivity index (χ0n) is 64.9. The summed E-state index contributed by atoms with van der Waals surface area (Å²) in [6.45, 7) is 7.64. The number of unbranched alkanes of at least 4 members (excludes halogenated alkanes) is 7. The molecule has 0 aliphatic carbocycles. The molecular formula is C77H110N18O18. The molecule has 9 atom stereocenters.